The molecule has 1 atom stereocenters. The molecule has 0 aliphatic heterocycles. The molecular weight excluding hydrogens is 262 g/mol. The Morgan fingerprint density at radius 1 is 1.10 bits per heavy atom. The van der Waals surface area contributed by atoms with E-state index in [1.54, 1.807) is 6.07 Å². The summed E-state index contributed by atoms with van der Waals surface area (Å²) in [4.78, 5) is 12.3. The minimum Gasteiger partial charge on any atom is -0.451 e. The molecule has 1 aromatic heterocycles. The standard InChI is InChI=1S/C18H17NO2/c1-12-7-6-10-15-11-16(21-17(12)15)18(20)19-13(2)14-8-4-3-5-9-14/h3-11,13H,1-2H3,(H,19,20)/t13-/m1/s1. The smallest absolute Gasteiger partial charge is 0.287 e. The summed E-state index contributed by atoms with van der Waals surface area (Å²) in [6, 6.07) is 17.5. The van der Waals surface area contributed by atoms with Crippen molar-refractivity contribution < 1.29 is 9.21 Å². The monoisotopic (exact) mass is 279 g/mol. The molecule has 1 N–H and O–H groups in total. The second-order valence-electron chi connectivity index (χ2n) is 5.21. The van der Waals surface area contributed by atoms with Gasteiger partial charge >= 0.3 is 0 Å². The number of carbonyl (C=O) groups excluding carboxylic acids is 1. The Bertz CT molecular complexity index is 774. The molecule has 0 unspecified atom stereocenters. The quantitative estimate of drug-likeness (QED) is 0.779. The van der Waals surface area contributed by atoms with Crippen molar-refractivity contribution in [1.82, 2.24) is 5.32 Å². The number of benzene rings is 2. The first-order valence-corrected chi connectivity index (χ1v) is 7.00. The van der Waals surface area contributed by atoms with Crippen LogP contribution in [0.5, 0.6) is 0 Å². The van der Waals surface area contributed by atoms with Crippen molar-refractivity contribution in [2.24, 2.45) is 0 Å². The molecule has 0 fully saturated rings. The fourth-order valence-corrected chi connectivity index (χ4v) is 2.41. The second-order valence-corrected chi connectivity index (χ2v) is 5.21. The van der Waals surface area contributed by atoms with Crippen LogP contribution >= 0.6 is 0 Å². The third-order valence-electron chi connectivity index (χ3n) is 3.61. The summed E-state index contributed by atoms with van der Waals surface area (Å²) in [6.07, 6.45) is 0. The lowest BCUT2D eigenvalue weighted by Crippen LogP contribution is -2.26. The number of para-hydroxylation sites is 1. The Hall–Kier alpha value is -2.55. The lowest BCUT2D eigenvalue weighted by Gasteiger charge is -2.12. The van der Waals surface area contributed by atoms with Crippen molar-refractivity contribution in [1.29, 1.82) is 0 Å². The van der Waals surface area contributed by atoms with Crippen molar-refractivity contribution in [3.63, 3.8) is 0 Å². The van der Waals surface area contributed by atoms with E-state index in [-0.39, 0.29) is 11.9 Å². The number of fused-ring (bicyclic) bond motifs is 1. The number of aryl methyl sites for hydroxylation is 1. The maximum Gasteiger partial charge on any atom is 0.287 e. The summed E-state index contributed by atoms with van der Waals surface area (Å²) >= 11 is 0. The minimum atomic E-state index is -0.193. The van der Waals surface area contributed by atoms with E-state index in [4.69, 9.17) is 4.42 Å². The van der Waals surface area contributed by atoms with Gasteiger partial charge in [-0.3, -0.25) is 4.79 Å². The van der Waals surface area contributed by atoms with Crippen LogP contribution < -0.4 is 5.32 Å². The van der Waals surface area contributed by atoms with Crippen molar-refractivity contribution in [3.05, 3.63) is 71.5 Å². The summed E-state index contributed by atoms with van der Waals surface area (Å²) < 4.78 is 5.69. The van der Waals surface area contributed by atoms with Crippen LogP contribution in [0.2, 0.25) is 0 Å². The van der Waals surface area contributed by atoms with E-state index in [1.165, 1.54) is 0 Å². The van der Waals surface area contributed by atoms with Crippen LogP contribution in [-0.4, -0.2) is 5.91 Å². The molecule has 0 saturated heterocycles. The van der Waals surface area contributed by atoms with Crippen LogP contribution in [-0.2, 0) is 0 Å². The van der Waals surface area contributed by atoms with Crippen molar-refractivity contribution in [3.8, 4) is 0 Å². The van der Waals surface area contributed by atoms with Gasteiger partial charge in [-0.25, -0.2) is 0 Å². The Labute approximate surface area is 123 Å². The van der Waals surface area contributed by atoms with Gasteiger partial charge in [-0.15, -0.1) is 0 Å². The number of nitrogens with one attached hydrogen (secondary N) is 1. The van der Waals surface area contributed by atoms with Crippen LogP contribution in [0.1, 0.15) is 34.6 Å². The number of amides is 1. The van der Waals surface area contributed by atoms with Gasteiger partial charge in [0.25, 0.3) is 5.91 Å². The molecule has 0 aliphatic carbocycles. The van der Waals surface area contributed by atoms with Gasteiger partial charge in [-0.1, -0.05) is 48.5 Å². The van der Waals surface area contributed by atoms with Gasteiger partial charge in [0, 0.05) is 5.39 Å². The Morgan fingerprint density at radius 2 is 1.86 bits per heavy atom. The summed E-state index contributed by atoms with van der Waals surface area (Å²) in [6.45, 7) is 3.93. The molecule has 106 valence electrons. The second kappa shape index (κ2) is 5.44. The molecule has 1 heterocycles. The molecule has 21 heavy (non-hydrogen) atoms. The van der Waals surface area contributed by atoms with Crippen molar-refractivity contribution >= 4 is 16.9 Å². The molecule has 0 spiro atoms. The molecule has 0 aliphatic rings. The Kier molecular flexibility index (Phi) is 3.48. The lowest BCUT2D eigenvalue weighted by atomic mass is 10.1. The van der Waals surface area contributed by atoms with Crippen molar-refractivity contribution in [2.45, 2.75) is 19.9 Å². The molecule has 0 bridgehead atoms. The fraction of sp³-hybridized carbons (Fsp3) is 0.167. The lowest BCUT2D eigenvalue weighted by molar-refractivity contribution is 0.0914. The summed E-state index contributed by atoms with van der Waals surface area (Å²) in [5, 5.41) is 3.91. The third-order valence-corrected chi connectivity index (χ3v) is 3.61. The summed E-state index contributed by atoms with van der Waals surface area (Å²) in [7, 11) is 0. The predicted octanol–water partition coefficient (Wildman–Crippen LogP) is 4.23. The van der Waals surface area contributed by atoms with Gasteiger partial charge in [0.1, 0.15) is 5.58 Å². The zero-order valence-electron chi connectivity index (χ0n) is 12.1. The number of hydrogen-bond donors (Lipinski definition) is 1. The average molecular weight is 279 g/mol. The van der Waals surface area contributed by atoms with Crippen molar-refractivity contribution in [2.75, 3.05) is 0 Å². The molecule has 2 aromatic carbocycles. The van der Waals surface area contributed by atoms with E-state index in [1.807, 2.05) is 62.4 Å². The molecule has 0 radical (unpaired) electrons. The number of furan rings is 1. The average Bonchev–Trinajstić information content (AvgIpc) is 2.94. The van der Waals surface area contributed by atoms with E-state index in [2.05, 4.69) is 5.32 Å². The first kappa shape index (κ1) is 13.4. The molecular formula is C18H17NO2. The van der Waals surface area contributed by atoms with E-state index in [9.17, 15) is 4.79 Å². The highest BCUT2D eigenvalue weighted by Gasteiger charge is 2.16. The summed E-state index contributed by atoms with van der Waals surface area (Å²) in [5.41, 5.74) is 2.87. The zero-order chi connectivity index (χ0) is 14.8. The zero-order valence-corrected chi connectivity index (χ0v) is 12.1. The minimum absolute atomic E-state index is 0.0620. The van der Waals surface area contributed by atoms with E-state index in [0.717, 1.165) is 22.1 Å². The van der Waals surface area contributed by atoms with E-state index < -0.39 is 0 Å². The predicted molar refractivity (Wildman–Crippen MR) is 83.3 cm³/mol. The summed E-state index contributed by atoms with van der Waals surface area (Å²) in [5.74, 6) is 0.157. The maximum atomic E-state index is 12.3. The number of carbonyl (C=O) groups is 1. The van der Waals surface area contributed by atoms with E-state index >= 15 is 0 Å². The first-order chi connectivity index (χ1) is 10.1. The molecule has 3 nitrogen and oxygen atoms in total. The van der Waals surface area contributed by atoms with Crippen LogP contribution in [0.3, 0.4) is 0 Å². The van der Waals surface area contributed by atoms with Crippen LogP contribution in [0, 0.1) is 6.92 Å². The first-order valence-electron chi connectivity index (χ1n) is 7.00. The van der Waals surface area contributed by atoms with Gasteiger partial charge in [-0.05, 0) is 31.0 Å². The Morgan fingerprint density at radius 3 is 2.57 bits per heavy atom. The van der Waals surface area contributed by atoms with Gasteiger partial charge in [0.15, 0.2) is 5.76 Å². The number of hydrogen-bond acceptors (Lipinski definition) is 2. The largest absolute Gasteiger partial charge is 0.451 e. The molecule has 0 saturated carbocycles. The van der Waals surface area contributed by atoms with Gasteiger partial charge < -0.3 is 9.73 Å². The van der Waals surface area contributed by atoms with E-state index in [0.29, 0.717) is 5.76 Å². The van der Waals surface area contributed by atoms with Crippen LogP contribution in [0.4, 0.5) is 0 Å². The molecule has 3 heteroatoms. The van der Waals surface area contributed by atoms with Crippen LogP contribution in [0.15, 0.2) is 59.0 Å². The third kappa shape index (κ3) is 2.68. The molecule has 3 aromatic rings. The SMILES string of the molecule is Cc1cccc2cc(C(=O)N[C@H](C)c3ccccc3)oc12. The molecule has 3 rings (SSSR count). The maximum absolute atomic E-state index is 12.3. The highest BCUT2D eigenvalue weighted by atomic mass is 16.3. The van der Waals surface area contributed by atoms with Crippen LogP contribution in [0.25, 0.3) is 11.0 Å². The highest BCUT2D eigenvalue weighted by molar-refractivity contribution is 5.96. The topological polar surface area (TPSA) is 42.2 Å². The van der Waals surface area contributed by atoms with Gasteiger partial charge in [0.05, 0.1) is 6.04 Å². The van der Waals surface area contributed by atoms with Gasteiger partial charge in [-0.2, -0.15) is 0 Å². The van der Waals surface area contributed by atoms with Gasteiger partial charge in [0.2, 0.25) is 0 Å². The highest BCUT2D eigenvalue weighted by Crippen LogP contribution is 2.23. The normalized spacial score (nSPS) is 12.3. The molecule has 1 amide bonds. The fourth-order valence-electron chi connectivity index (χ4n) is 2.41. The number of rotatable bonds is 3. The Balaban J connectivity index is 1.82.